The van der Waals surface area contributed by atoms with E-state index < -0.39 is 0 Å². The van der Waals surface area contributed by atoms with Gasteiger partial charge in [0, 0.05) is 32.0 Å². The lowest BCUT2D eigenvalue weighted by atomic mass is 10.2. The summed E-state index contributed by atoms with van der Waals surface area (Å²) in [6.07, 6.45) is 6.46. The second kappa shape index (κ2) is 5.64. The molecule has 0 aromatic carbocycles. The highest BCUT2D eigenvalue weighted by Crippen LogP contribution is 2.32. The van der Waals surface area contributed by atoms with E-state index in [4.69, 9.17) is 4.98 Å². The highest BCUT2D eigenvalue weighted by atomic mass is 15.3. The molecule has 2 aromatic rings. The molecule has 21 heavy (non-hydrogen) atoms. The van der Waals surface area contributed by atoms with Crippen LogP contribution in [0.5, 0.6) is 0 Å². The summed E-state index contributed by atoms with van der Waals surface area (Å²) in [6, 6.07) is 2.98. The Kier molecular flexibility index (Phi) is 3.85. The molecule has 114 valence electrons. The molecule has 5 nitrogen and oxygen atoms in total. The number of hydrogen-bond donors (Lipinski definition) is 0. The van der Waals surface area contributed by atoms with Crippen molar-refractivity contribution >= 4 is 0 Å². The van der Waals surface area contributed by atoms with Gasteiger partial charge in [-0.15, -0.1) is 0 Å². The summed E-state index contributed by atoms with van der Waals surface area (Å²) in [7, 11) is 2.10. The van der Waals surface area contributed by atoms with Crippen LogP contribution in [0.25, 0.3) is 0 Å². The molecule has 0 N–H and O–H groups in total. The fourth-order valence-electron chi connectivity index (χ4n) is 3.39. The van der Waals surface area contributed by atoms with Gasteiger partial charge in [0.05, 0.1) is 17.4 Å². The van der Waals surface area contributed by atoms with Crippen molar-refractivity contribution in [2.24, 2.45) is 7.05 Å². The minimum atomic E-state index is 0.409. The van der Waals surface area contributed by atoms with Crippen LogP contribution < -0.4 is 0 Å². The largest absolute Gasteiger partial charge is 0.336 e. The standard InChI is InChI=1S/C16H25N5/c1-12(2)21-14(7-8-17-21)11-20-9-5-6-15(20)16-18-13(3)10-19(16)4/h7-8,10,12,15H,5-6,9,11H2,1-4H3. The minimum absolute atomic E-state index is 0.409. The lowest BCUT2D eigenvalue weighted by Crippen LogP contribution is -2.26. The van der Waals surface area contributed by atoms with Gasteiger partial charge in [-0.05, 0) is 46.2 Å². The summed E-state index contributed by atoms with van der Waals surface area (Å²) in [4.78, 5) is 7.27. The number of rotatable bonds is 4. The monoisotopic (exact) mass is 287 g/mol. The average Bonchev–Trinajstić information content (AvgIpc) is 3.10. The molecule has 1 aliphatic heterocycles. The number of likely N-dealkylation sites (tertiary alicyclic amines) is 1. The highest BCUT2D eigenvalue weighted by molar-refractivity contribution is 5.09. The van der Waals surface area contributed by atoms with Crippen molar-refractivity contribution in [3.05, 3.63) is 35.7 Å². The highest BCUT2D eigenvalue weighted by Gasteiger charge is 2.29. The molecular formula is C16H25N5. The number of imidazole rings is 1. The minimum Gasteiger partial charge on any atom is -0.336 e. The number of aromatic nitrogens is 4. The van der Waals surface area contributed by atoms with E-state index in [9.17, 15) is 0 Å². The van der Waals surface area contributed by atoms with Gasteiger partial charge < -0.3 is 4.57 Å². The molecule has 1 fully saturated rings. The Bertz CT molecular complexity index is 610. The van der Waals surface area contributed by atoms with E-state index in [-0.39, 0.29) is 0 Å². The summed E-state index contributed by atoms with van der Waals surface area (Å²) in [5.74, 6) is 1.20. The van der Waals surface area contributed by atoms with Crippen LogP contribution in [0.2, 0.25) is 0 Å². The molecular weight excluding hydrogens is 262 g/mol. The Hall–Kier alpha value is -1.62. The second-order valence-corrected chi connectivity index (χ2v) is 6.34. The van der Waals surface area contributed by atoms with Crippen LogP contribution in [-0.4, -0.2) is 30.8 Å². The van der Waals surface area contributed by atoms with E-state index >= 15 is 0 Å². The van der Waals surface area contributed by atoms with Gasteiger partial charge in [0.25, 0.3) is 0 Å². The predicted molar refractivity (Wildman–Crippen MR) is 82.9 cm³/mol. The molecule has 0 saturated carbocycles. The van der Waals surface area contributed by atoms with Crippen LogP contribution in [-0.2, 0) is 13.6 Å². The Morgan fingerprint density at radius 2 is 2.19 bits per heavy atom. The molecule has 1 saturated heterocycles. The lowest BCUT2D eigenvalue weighted by Gasteiger charge is -2.25. The molecule has 3 heterocycles. The molecule has 0 amide bonds. The zero-order chi connectivity index (χ0) is 15.0. The first-order valence-electron chi connectivity index (χ1n) is 7.82. The van der Waals surface area contributed by atoms with E-state index in [2.05, 4.69) is 59.3 Å². The summed E-state index contributed by atoms with van der Waals surface area (Å²) in [5.41, 5.74) is 2.40. The molecule has 0 spiro atoms. The van der Waals surface area contributed by atoms with Crippen molar-refractivity contribution in [2.75, 3.05) is 6.54 Å². The Morgan fingerprint density at radius 3 is 2.86 bits per heavy atom. The number of aryl methyl sites for hydroxylation is 2. The normalized spacial score (nSPS) is 19.8. The first kappa shape index (κ1) is 14.3. The second-order valence-electron chi connectivity index (χ2n) is 6.34. The summed E-state index contributed by atoms with van der Waals surface area (Å²) < 4.78 is 4.30. The van der Waals surface area contributed by atoms with E-state index in [1.54, 1.807) is 0 Å². The van der Waals surface area contributed by atoms with Gasteiger partial charge in [-0.25, -0.2) is 4.98 Å². The van der Waals surface area contributed by atoms with Gasteiger partial charge in [-0.2, -0.15) is 5.10 Å². The fourth-order valence-corrected chi connectivity index (χ4v) is 3.39. The zero-order valence-electron chi connectivity index (χ0n) is 13.5. The average molecular weight is 287 g/mol. The smallest absolute Gasteiger partial charge is 0.126 e. The molecule has 1 aliphatic rings. The third kappa shape index (κ3) is 2.75. The summed E-state index contributed by atoms with van der Waals surface area (Å²) in [5, 5.41) is 4.45. The van der Waals surface area contributed by atoms with Gasteiger partial charge in [-0.3, -0.25) is 9.58 Å². The molecule has 0 bridgehead atoms. The van der Waals surface area contributed by atoms with Crippen molar-refractivity contribution < 1.29 is 0 Å². The Morgan fingerprint density at radius 1 is 1.38 bits per heavy atom. The van der Waals surface area contributed by atoms with Gasteiger partial charge >= 0.3 is 0 Å². The third-order valence-corrected chi connectivity index (χ3v) is 4.30. The van der Waals surface area contributed by atoms with E-state index in [0.29, 0.717) is 12.1 Å². The SMILES string of the molecule is Cc1cn(C)c(C2CCCN2Cc2ccnn2C(C)C)n1. The Balaban J connectivity index is 1.81. The lowest BCUT2D eigenvalue weighted by molar-refractivity contribution is 0.227. The molecule has 1 unspecified atom stereocenters. The maximum Gasteiger partial charge on any atom is 0.126 e. The maximum absolute atomic E-state index is 4.73. The van der Waals surface area contributed by atoms with Crippen LogP contribution in [0.4, 0.5) is 0 Å². The molecule has 2 aromatic heterocycles. The van der Waals surface area contributed by atoms with Gasteiger partial charge in [-0.1, -0.05) is 0 Å². The molecule has 0 radical (unpaired) electrons. The predicted octanol–water partition coefficient (Wildman–Crippen LogP) is 2.84. The van der Waals surface area contributed by atoms with Gasteiger partial charge in [0.2, 0.25) is 0 Å². The van der Waals surface area contributed by atoms with Crippen LogP contribution in [0.15, 0.2) is 18.5 Å². The van der Waals surface area contributed by atoms with E-state index in [1.165, 1.54) is 24.4 Å². The summed E-state index contributed by atoms with van der Waals surface area (Å²) >= 11 is 0. The topological polar surface area (TPSA) is 38.9 Å². The zero-order valence-corrected chi connectivity index (χ0v) is 13.5. The van der Waals surface area contributed by atoms with Crippen LogP contribution >= 0.6 is 0 Å². The third-order valence-electron chi connectivity index (χ3n) is 4.30. The number of hydrogen-bond acceptors (Lipinski definition) is 3. The van der Waals surface area contributed by atoms with Gasteiger partial charge in [0.15, 0.2) is 0 Å². The van der Waals surface area contributed by atoms with Crippen molar-refractivity contribution in [1.29, 1.82) is 0 Å². The van der Waals surface area contributed by atoms with Crippen LogP contribution in [0, 0.1) is 6.92 Å². The van der Waals surface area contributed by atoms with Crippen molar-refractivity contribution in [2.45, 2.75) is 52.2 Å². The molecule has 3 rings (SSSR count). The van der Waals surface area contributed by atoms with Crippen molar-refractivity contribution in [3.63, 3.8) is 0 Å². The van der Waals surface area contributed by atoms with E-state index in [1.807, 2.05) is 6.20 Å². The first-order chi connectivity index (χ1) is 10.1. The molecule has 0 aliphatic carbocycles. The Labute approximate surface area is 126 Å². The van der Waals surface area contributed by atoms with Crippen LogP contribution in [0.1, 0.15) is 56.0 Å². The van der Waals surface area contributed by atoms with Crippen molar-refractivity contribution in [3.8, 4) is 0 Å². The maximum atomic E-state index is 4.73. The van der Waals surface area contributed by atoms with Crippen LogP contribution in [0.3, 0.4) is 0 Å². The van der Waals surface area contributed by atoms with E-state index in [0.717, 1.165) is 18.8 Å². The molecule has 1 atom stereocenters. The van der Waals surface area contributed by atoms with Gasteiger partial charge in [0.1, 0.15) is 5.82 Å². The first-order valence-corrected chi connectivity index (χ1v) is 7.82. The quantitative estimate of drug-likeness (QED) is 0.868. The summed E-state index contributed by atoms with van der Waals surface area (Å²) in [6.45, 7) is 8.52. The number of nitrogens with zero attached hydrogens (tertiary/aromatic N) is 5. The molecule has 5 heteroatoms. The fraction of sp³-hybridized carbons (Fsp3) is 0.625. The van der Waals surface area contributed by atoms with Crippen molar-refractivity contribution in [1.82, 2.24) is 24.2 Å².